The van der Waals surface area contributed by atoms with Gasteiger partial charge in [0.25, 0.3) is 5.91 Å². The van der Waals surface area contributed by atoms with Crippen LogP contribution in [0.4, 0.5) is 17.1 Å². The van der Waals surface area contributed by atoms with Crippen LogP contribution in [0.1, 0.15) is 29.8 Å². The van der Waals surface area contributed by atoms with E-state index in [2.05, 4.69) is 20.1 Å². The second-order valence-corrected chi connectivity index (χ2v) is 7.02. The zero-order valence-electron chi connectivity index (χ0n) is 15.6. The molecule has 2 saturated heterocycles. The number of morpholine rings is 1. The lowest BCUT2D eigenvalue weighted by atomic mass is 10.1. The fourth-order valence-electron chi connectivity index (χ4n) is 3.71. The third-order valence-corrected chi connectivity index (χ3v) is 5.21. The van der Waals surface area contributed by atoms with Crippen LogP contribution in [0.3, 0.4) is 0 Å². The number of anilines is 3. The zero-order valence-corrected chi connectivity index (χ0v) is 15.6. The highest BCUT2D eigenvalue weighted by atomic mass is 16.5. The van der Waals surface area contributed by atoms with Crippen molar-refractivity contribution >= 4 is 23.0 Å². The highest BCUT2D eigenvalue weighted by Crippen LogP contribution is 2.27. The summed E-state index contributed by atoms with van der Waals surface area (Å²) in [5, 5.41) is 3.03. The van der Waals surface area contributed by atoms with E-state index >= 15 is 0 Å². The van der Waals surface area contributed by atoms with Crippen molar-refractivity contribution in [3.8, 4) is 0 Å². The van der Waals surface area contributed by atoms with Gasteiger partial charge >= 0.3 is 0 Å². The number of nitrogens with one attached hydrogen (secondary N) is 1. The average molecular weight is 366 g/mol. The molecule has 2 fully saturated rings. The van der Waals surface area contributed by atoms with E-state index in [-0.39, 0.29) is 5.91 Å². The molecule has 0 bridgehead atoms. The number of benzene rings is 1. The van der Waals surface area contributed by atoms with Gasteiger partial charge in [-0.05, 0) is 43.5 Å². The van der Waals surface area contributed by atoms with Crippen LogP contribution in [0.25, 0.3) is 0 Å². The van der Waals surface area contributed by atoms with Crippen molar-refractivity contribution in [3.05, 3.63) is 48.3 Å². The SMILES string of the molecule is O=C(Nc1ccccc1N1CCOCC1)c1ccc(N2CCCCC2)cn1. The first-order chi connectivity index (χ1) is 13.3. The molecule has 2 aliphatic heterocycles. The molecule has 1 aromatic carbocycles. The number of aromatic nitrogens is 1. The molecule has 1 aromatic heterocycles. The highest BCUT2D eigenvalue weighted by molar-refractivity contribution is 6.04. The Bertz CT molecular complexity index is 766. The van der Waals surface area contributed by atoms with Crippen LogP contribution in [0.15, 0.2) is 42.6 Å². The van der Waals surface area contributed by atoms with Crippen molar-refractivity contribution in [2.45, 2.75) is 19.3 Å². The number of amides is 1. The summed E-state index contributed by atoms with van der Waals surface area (Å²) in [7, 11) is 0. The van der Waals surface area contributed by atoms with E-state index < -0.39 is 0 Å². The van der Waals surface area contributed by atoms with E-state index in [4.69, 9.17) is 4.74 Å². The summed E-state index contributed by atoms with van der Waals surface area (Å²) in [5.74, 6) is -0.180. The number of rotatable bonds is 4. The number of piperidine rings is 1. The Morgan fingerprint density at radius 3 is 2.44 bits per heavy atom. The van der Waals surface area contributed by atoms with Gasteiger partial charge in [0.05, 0.1) is 36.5 Å². The molecule has 0 radical (unpaired) electrons. The number of hydrogen-bond acceptors (Lipinski definition) is 5. The quantitative estimate of drug-likeness (QED) is 0.901. The van der Waals surface area contributed by atoms with E-state index in [1.165, 1.54) is 19.3 Å². The van der Waals surface area contributed by atoms with Crippen molar-refractivity contribution < 1.29 is 9.53 Å². The summed E-state index contributed by atoms with van der Waals surface area (Å²) in [5.41, 5.74) is 3.37. The van der Waals surface area contributed by atoms with Crippen molar-refractivity contribution in [2.75, 3.05) is 54.5 Å². The zero-order chi connectivity index (χ0) is 18.5. The lowest BCUT2D eigenvalue weighted by Crippen LogP contribution is -2.36. The number of nitrogens with zero attached hydrogens (tertiary/aromatic N) is 3. The van der Waals surface area contributed by atoms with Gasteiger partial charge < -0.3 is 19.9 Å². The van der Waals surface area contributed by atoms with Gasteiger partial charge in [-0.15, -0.1) is 0 Å². The summed E-state index contributed by atoms with van der Waals surface area (Å²) < 4.78 is 5.43. The number of pyridine rings is 1. The molecule has 4 rings (SSSR count). The second kappa shape index (κ2) is 8.39. The van der Waals surface area contributed by atoms with E-state index in [1.54, 1.807) is 0 Å². The molecule has 6 heteroatoms. The Morgan fingerprint density at radius 1 is 0.926 bits per heavy atom. The van der Waals surface area contributed by atoms with E-state index in [0.717, 1.165) is 43.2 Å². The second-order valence-electron chi connectivity index (χ2n) is 7.02. The smallest absolute Gasteiger partial charge is 0.274 e. The Kier molecular flexibility index (Phi) is 5.53. The van der Waals surface area contributed by atoms with Crippen LogP contribution in [0, 0.1) is 0 Å². The van der Waals surface area contributed by atoms with Crippen LogP contribution in [0.5, 0.6) is 0 Å². The summed E-state index contributed by atoms with van der Waals surface area (Å²) in [6, 6.07) is 11.7. The number of carbonyl (C=O) groups excluding carboxylic acids is 1. The molecular weight excluding hydrogens is 340 g/mol. The lowest BCUT2D eigenvalue weighted by molar-refractivity contribution is 0.102. The van der Waals surface area contributed by atoms with Crippen LogP contribution >= 0.6 is 0 Å². The molecule has 0 unspecified atom stereocenters. The van der Waals surface area contributed by atoms with Crippen LogP contribution in [-0.2, 0) is 4.74 Å². The van der Waals surface area contributed by atoms with Crippen molar-refractivity contribution in [2.24, 2.45) is 0 Å². The number of ether oxygens (including phenoxy) is 1. The Morgan fingerprint density at radius 2 is 1.70 bits per heavy atom. The molecule has 6 nitrogen and oxygen atoms in total. The van der Waals surface area contributed by atoms with Crippen LogP contribution in [-0.4, -0.2) is 50.3 Å². The molecule has 0 saturated carbocycles. The van der Waals surface area contributed by atoms with Crippen molar-refractivity contribution in [1.82, 2.24) is 4.98 Å². The summed E-state index contributed by atoms with van der Waals surface area (Å²) in [4.78, 5) is 21.7. The van der Waals surface area contributed by atoms with E-state index in [0.29, 0.717) is 18.9 Å². The average Bonchev–Trinajstić information content (AvgIpc) is 2.75. The van der Waals surface area contributed by atoms with Gasteiger partial charge in [-0.1, -0.05) is 12.1 Å². The molecule has 27 heavy (non-hydrogen) atoms. The minimum atomic E-state index is -0.180. The van der Waals surface area contributed by atoms with Crippen molar-refractivity contribution in [1.29, 1.82) is 0 Å². The van der Waals surface area contributed by atoms with Gasteiger partial charge in [0, 0.05) is 26.2 Å². The lowest BCUT2D eigenvalue weighted by Gasteiger charge is -2.30. The molecular formula is C21H26N4O2. The Balaban J connectivity index is 1.46. The third kappa shape index (κ3) is 4.22. The minimum Gasteiger partial charge on any atom is -0.378 e. The first-order valence-electron chi connectivity index (χ1n) is 9.75. The summed E-state index contributed by atoms with van der Waals surface area (Å²) in [6.45, 7) is 5.22. The molecule has 0 spiro atoms. The van der Waals surface area contributed by atoms with Gasteiger partial charge in [-0.25, -0.2) is 4.98 Å². The van der Waals surface area contributed by atoms with Gasteiger partial charge in [0.2, 0.25) is 0 Å². The monoisotopic (exact) mass is 366 g/mol. The van der Waals surface area contributed by atoms with E-state index in [9.17, 15) is 4.79 Å². The van der Waals surface area contributed by atoms with Gasteiger partial charge in [0.15, 0.2) is 0 Å². The van der Waals surface area contributed by atoms with Crippen LogP contribution in [0.2, 0.25) is 0 Å². The normalized spacial score (nSPS) is 17.6. The number of hydrogen-bond donors (Lipinski definition) is 1. The summed E-state index contributed by atoms with van der Waals surface area (Å²) in [6.07, 6.45) is 5.56. The number of para-hydroxylation sites is 2. The molecule has 1 N–H and O–H groups in total. The molecule has 0 aliphatic carbocycles. The molecule has 0 atom stereocenters. The molecule has 142 valence electrons. The Labute approximate surface area is 160 Å². The van der Waals surface area contributed by atoms with Gasteiger partial charge in [-0.3, -0.25) is 4.79 Å². The van der Waals surface area contributed by atoms with Gasteiger partial charge in [0.1, 0.15) is 5.69 Å². The third-order valence-electron chi connectivity index (χ3n) is 5.21. The maximum atomic E-state index is 12.7. The standard InChI is InChI=1S/C21H26N4O2/c26-21(19-9-8-17(16-22-19)24-10-4-1-5-11-24)23-18-6-2-3-7-20(18)25-12-14-27-15-13-25/h2-3,6-9,16H,1,4-5,10-15H2,(H,23,26). The Hall–Kier alpha value is -2.60. The predicted octanol–water partition coefficient (Wildman–Crippen LogP) is 3.16. The van der Waals surface area contributed by atoms with Gasteiger partial charge in [-0.2, -0.15) is 0 Å². The molecule has 3 heterocycles. The maximum absolute atomic E-state index is 12.7. The molecule has 2 aromatic rings. The number of carbonyl (C=O) groups is 1. The largest absolute Gasteiger partial charge is 0.378 e. The van der Waals surface area contributed by atoms with E-state index in [1.807, 2.05) is 42.6 Å². The summed E-state index contributed by atoms with van der Waals surface area (Å²) >= 11 is 0. The van der Waals surface area contributed by atoms with Crippen molar-refractivity contribution in [3.63, 3.8) is 0 Å². The maximum Gasteiger partial charge on any atom is 0.274 e. The minimum absolute atomic E-state index is 0.180. The fourth-order valence-corrected chi connectivity index (χ4v) is 3.71. The highest BCUT2D eigenvalue weighted by Gasteiger charge is 2.17. The molecule has 2 aliphatic rings. The first-order valence-corrected chi connectivity index (χ1v) is 9.75. The van der Waals surface area contributed by atoms with Crippen LogP contribution < -0.4 is 15.1 Å². The fraction of sp³-hybridized carbons (Fsp3) is 0.429. The topological polar surface area (TPSA) is 57.7 Å². The molecule has 1 amide bonds. The predicted molar refractivity (Wildman–Crippen MR) is 108 cm³/mol. The first kappa shape index (κ1) is 17.8.